The topological polar surface area (TPSA) is 59.8 Å². The van der Waals surface area contributed by atoms with Crippen LogP contribution in [0, 0.1) is 0 Å². The predicted octanol–water partition coefficient (Wildman–Crippen LogP) is 3.60. The van der Waals surface area contributed by atoms with Gasteiger partial charge in [-0.1, -0.05) is 6.07 Å². The second kappa shape index (κ2) is 5.84. The summed E-state index contributed by atoms with van der Waals surface area (Å²) in [6.45, 7) is 0. The Kier molecular flexibility index (Phi) is 3.87. The molecule has 1 N–H and O–H groups in total. The molecule has 0 spiro atoms. The molecule has 3 rings (SSSR count). The van der Waals surface area contributed by atoms with E-state index in [0.29, 0.717) is 5.13 Å². The number of carbonyl (C=O) groups is 1. The average molecular weight is 338 g/mol. The molecule has 0 saturated heterocycles. The first-order valence-electron chi connectivity index (χ1n) is 6.36. The van der Waals surface area contributed by atoms with Crippen molar-refractivity contribution >= 4 is 22.4 Å². The Morgan fingerprint density at radius 3 is 2.78 bits per heavy atom. The Morgan fingerprint density at radius 1 is 1.26 bits per heavy atom. The highest BCUT2D eigenvalue weighted by atomic mass is 32.1. The molecule has 0 bridgehead atoms. The van der Waals surface area contributed by atoms with Crippen LogP contribution in [0.5, 0.6) is 0 Å². The molecule has 1 amide bonds. The molecule has 0 saturated carbocycles. The molecule has 9 heteroatoms. The molecule has 0 aliphatic rings. The van der Waals surface area contributed by atoms with Gasteiger partial charge in [0.15, 0.2) is 5.13 Å². The monoisotopic (exact) mass is 338 g/mol. The summed E-state index contributed by atoms with van der Waals surface area (Å²) in [6.07, 6.45) is -0.242. The summed E-state index contributed by atoms with van der Waals surface area (Å²) in [6, 6.07) is 4.77. The zero-order chi connectivity index (χ0) is 16.4. The van der Waals surface area contributed by atoms with Crippen LogP contribution < -0.4 is 5.32 Å². The number of thiazole rings is 1. The fourth-order valence-corrected chi connectivity index (χ4v) is 2.39. The third kappa shape index (κ3) is 3.39. The van der Waals surface area contributed by atoms with Crippen molar-refractivity contribution in [2.24, 2.45) is 0 Å². The van der Waals surface area contributed by atoms with E-state index in [-0.39, 0.29) is 11.4 Å². The van der Waals surface area contributed by atoms with Gasteiger partial charge in [-0.2, -0.15) is 13.2 Å². The number of anilines is 1. The number of hydrogen-bond acceptors (Lipinski definition) is 4. The second-order valence-electron chi connectivity index (χ2n) is 4.51. The minimum atomic E-state index is -4.43. The summed E-state index contributed by atoms with van der Waals surface area (Å²) in [7, 11) is 0. The van der Waals surface area contributed by atoms with Gasteiger partial charge in [-0.05, 0) is 18.2 Å². The number of aromatic nitrogens is 3. The van der Waals surface area contributed by atoms with Gasteiger partial charge in [0.1, 0.15) is 12.0 Å². The van der Waals surface area contributed by atoms with Crippen molar-refractivity contribution in [2.75, 3.05) is 5.32 Å². The largest absolute Gasteiger partial charge is 0.416 e. The molecule has 3 aromatic rings. The van der Waals surface area contributed by atoms with Crippen LogP contribution in [-0.2, 0) is 6.18 Å². The van der Waals surface area contributed by atoms with Crippen molar-refractivity contribution in [1.82, 2.24) is 14.5 Å². The maximum absolute atomic E-state index is 12.7. The first kappa shape index (κ1) is 15.2. The number of halogens is 3. The van der Waals surface area contributed by atoms with E-state index in [1.807, 2.05) is 0 Å². The van der Waals surface area contributed by atoms with Crippen LogP contribution in [0.1, 0.15) is 16.1 Å². The molecule has 0 atom stereocenters. The van der Waals surface area contributed by atoms with Crippen molar-refractivity contribution in [2.45, 2.75) is 6.18 Å². The van der Waals surface area contributed by atoms with Crippen LogP contribution in [-0.4, -0.2) is 20.4 Å². The second-order valence-corrected chi connectivity index (χ2v) is 5.40. The van der Waals surface area contributed by atoms with Crippen LogP contribution in [0.25, 0.3) is 5.69 Å². The molecule has 2 aromatic heterocycles. The maximum Gasteiger partial charge on any atom is 0.416 e. The van der Waals surface area contributed by atoms with Crippen molar-refractivity contribution in [3.8, 4) is 5.69 Å². The molecule has 2 heterocycles. The van der Waals surface area contributed by atoms with Gasteiger partial charge < -0.3 is 4.57 Å². The molecule has 0 radical (unpaired) electrons. The molecule has 5 nitrogen and oxygen atoms in total. The fourth-order valence-electron chi connectivity index (χ4n) is 1.87. The molecular formula is C14H9F3N4OS. The number of amides is 1. The van der Waals surface area contributed by atoms with Gasteiger partial charge in [-0.3, -0.25) is 10.1 Å². The smallest absolute Gasteiger partial charge is 0.305 e. The lowest BCUT2D eigenvalue weighted by Gasteiger charge is -2.08. The number of nitrogens with one attached hydrogen (secondary N) is 1. The van der Waals surface area contributed by atoms with Gasteiger partial charge in [-0.25, -0.2) is 9.97 Å². The number of imidazole rings is 1. The quantitative estimate of drug-likeness (QED) is 0.794. The van der Waals surface area contributed by atoms with E-state index in [0.717, 1.165) is 12.1 Å². The third-order valence-corrected chi connectivity index (χ3v) is 3.63. The molecule has 0 aliphatic carbocycles. The van der Waals surface area contributed by atoms with E-state index in [9.17, 15) is 18.0 Å². The van der Waals surface area contributed by atoms with Crippen LogP contribution in [0.4, 0.5) is 18.3 Å². The number of hydrogen-bond donors (Lipinski definition) is 1. The maximum atomic E-state index is 12.7. The third-order valence-electron chi connectivity index (χ3n) is 2.94. The predicted molar refractivity (Wildman–Crippen MR) is 78.6 cm³/mol. The van der Waals surface area contributed by atoms with E-state index in [2.05, 4.69) is 15.3 Å². The highest BCUT2D eigenvalue weighted by molar-refractivity contribution is 7.13. The zero-order valence-electron chi connectivity index (χ0n) is 11.4. The molecule has 0 fully saturated rings. The Morgan fingerprint density at radius 2 is 2.09 bits per heavy atom. The number of rotatable bonds is 3. The van der Waals surface area contributed by atoms with Crippen molar-refractivity contribution in [3.05, 3.63) is 59.6 Å². The van der Waals surface area contributed by atoms with E-state index in [1.54, 1.807) is 11.6 Å². The van der Waals surface area contributed by atoms with E-state index >= 15 is 0 Å². The Hall–Kier alpha value is -2.68. The summed E-state index contributed by atoms with van der Waals surface area (Å²) in [4.78, 5) is 19.8. The van der Waals surface area contributed by atoms with Gasteiger partial charge in [0.2, 0.25) is 0 Å². The summed E-state index contributed by atoms with van der Waals surface area (Å²) < 4.78 is 39.6. The van der Waals surface area contributed by atoms with E-state index < -0.39 is 17.6 Å². The standard InChI is InChI=1S/C14H9F3N4OS/c15-14(16,17)9-2-1-3-10(6-9)21-7-11(19-8-21)12(22)20-13-18-4-5-23-13/h1-8H,(H,18,20,22). The van der Waals surface area contributed by atoms with Crippen LogP contribution >= 0.6 is 11.3 Å². The number of carbonyl (C=O) groups excluding carboxylic acids is 1. The highest BCUT2D eigenvalue weighted by Gasteiger charge is 2.30. The molecule has 1 aromatic carbocycles. The fraction of sp³-hybridized carbons (Fsp3) is 0.0714. The summed E-state index contributed by atoms with van der Waals surface area (Å²) in [5.74, 6) is -0.481. The van der Waals surface area contributed by atoms with Crippen LogP contribution in [0.15, 0.2) is 48.4 Å². The van der Waals surface area contributed by atoms with Gasteiger partial charge in [0.25, 0.3) is 5.91 Å². The van der Waals surface area contributed by atoms with Crippen LogP contribution in [0.2, 0.25) is 0 Å². The van der Waals surface area contributed by atoms with Crippen molar-refractivity contribution in [1.29, 1.82) is 0 Å². The van der Waals surface area contributed by atoms with Gasteiger partial charge in [0.05, 0.1) is 5.56 Å². The normalized spacial score (nSPS) is 11.4. The average Bonchev–Trinajstić information content (AvgIpc) is 3.17. The molecule has 0 unspecified atom stereocenters. The SMILES string of the molecule is O=C(Nc1nccs1)c1cn(-c2cccc(C(F)(F)F)c2)cn1. The summed E-state index contributed by atoms with van der Waals surface area (Å²) in [5, 5.41) is 4.68. The van der Waals surface area contributed by atoms with Crippen molar-refractivity contribution in [3.63, 3.8) is 0 Å². The lowest BCUT2D eigenvalue weighted by atomic mass is 10.2. The lowest BCUT2D eigenvalue weighted by Crippen LogP contribution is -2.12. The molecule has 23 heavy (non-hydrogen) atoms. The van der Waals surface area contributed by atoms with E-state index in [4.69, 9.17) is 0 Å². The van der Waals surface area contributed by atoms with E-state index in [1.165, 1.54) is 40.6 Å². The summed E-state index contributed by atoms with van der Waals surface area (Å²) in [5.41, 5.74) is -0.421. The Labute approximate surface area is 132 Å². The minimum Gasteiger partial charge on any atom is -0.305 e. The zero-order valence-corrected chi connectivity index (χ0v) is 12.2. The lowest BCUT2D eigenvalue weighted by molar-refractivity contribution is -0.137. The molecule has 0 aliphatic heterocycles. The van der Waals surface area contributed by atoms with Crippen LogP contribution in [0.3, 0.4) is 0 Å². The Bertz CT molecular complexity index is 827. The minimum absolute atomic E-state index is 0.0811. The molecule has 118 valence electrons. The number of nitrogens with zero attached hydrogens (tertiary/aromatic N) is 3. The van der Waals surface area contributed by atoms with Gasteiger partial charge in [-0.15, -0.1) is 11.3 Å². The van der Waals surface area contributed by atoms with Crippen molar-refractivity contribution < 1.29 is 18.0 Å². The molecular weight excluding hydrogens is 329 g/mol. The highest BCUT2D eigenvalue weighted by Crippen LogP contribution is 2.30. The number of alkyl halides is 3. The number of benzene rings is 1. The van der Waals surface area contributed by atoms with Gasteiger partial charge in [0, 0.05) is 23.5 Å². The first-order chi connectivity index (χ1) is 10.9. The first-order valence-corrected chi connectivity index (χ1v) is 7.24. The summed E-state index contributed by atoms with van der Waals surface area (Å²) >= 11 is 1.25. The van der Waals surface area contributed by atoms with Gasteiger partial charge >= 0.3 is 6.18 Å². The Balaban J connectivity index is 1.83.